The highest BCUT2D eigenvalue weighted by Gasteiger charge is 2.56. The molecule has 3 atom stereocenters. The van der Waals surface area contributed by atoms with Crippen molar-refractivity contribution in [1.82, 2.24) is 4.90 Å². The largest absolute Gasteiger partial charge is 0.490 e. The van der Waals surface area contributed by atoms with Crippen molar-refractivity contribution < 1.29 is 23.8 Å². The highest BCUT2D eigenvalue weighted by Crippen LogP contribution is 2.55. The molecule has 1 saturated heterocycles. The van der Waals surface area contributed by atoms with Gasteiger partial charge in [-0.05, 0) is 94.2 Å². The Kier molecular flexibility index (Phi) is 5.84. The van der Waals surface area contributed by atoms with Crippen molar-refractivity contribution in [2.45, 2.75) is 83.8 Å². The van der Waals surface area contributed by atoms with E-state index in [1.807, 2.05) is 32.6 Å². The van der Waals surface area contributed by atoms with E-state index in [0.717, 1.165) is 44.5 Å². The van der Waals surface area contributed by atoms with Gasteiger partial charge in [0.2, 0.25) is 0 Å². The number of hydrogen-bond acceptors (Lipinski definition) is 5. The first-order valence-corrected chi connectivity index (χ1v) is 12.9. The van der Waals surface area contributed by atoms with Crippen LogP contribution >= 0.6 is 0 Å². The van der Waals surface area contributed by atoms with Gasteiger partial charge in [-0.15, -0.1) is 0 Å². The number of methoxy groups -OCH3 is 1. The van der Waals surface area contributed by atoms with Gasteiger partial charge in [-0.3, -0.25) is 4.79 Å². The van der Waals surface area contributed by atoms with Crippen LogP contribution in [0, 0.1) is 23.2 Å². The van der Waals surface area contributed by atoms with Crippen LogP contribution in [0.4, 0.5) is 4.79 Å². The van der Waals surface area contributed by atoms with Gasteiger partial charge in [0.1, 0.15) is 17.5 Å². The number of rotatable bonds is 5. The predicted molar refractivity (Wildman–Crippen MR) is 129 cm³/mol. The zero-order valence-corrected chi connectivity index (χ0v) is 21.3. The number of carbonyl (C=O) groups excluding carboxylic acids is 2. The number of fused-ring (bicyclic) bond motifs is 1. The Bertz CT molecular complexity index is 948. The monoisotopic (exact) mass is 469 g/mol. The standard InChI is InChI=1S/C28H39NO5/c1-17(25(30)32-5)24(19-7-8-19)20-9-6-18-10-11-22(33-23(18)12-20)21-13-28(14-21)15-29(16-28)26(31)34-27(2,3)4/h6,9,12,17,19,21-22,24H,7-8,10-11,13-16H2,1-5H3/t17-,22?,24-/m0/s1. The fraction of sp³-hybridized carbons (Fsp3) is 0.714. The Morgan fingerprint density at radius 2 is 1.85 bits per heavy atom. The highest BCUT2D eigenvalue weighted by molar-refractivity contribution is 5.73. The van der Waals surface area contributed by atoms with Gasteiger partial charge in [-0.2, -0.15) is 0 Å². The molecule has 0 bridgehead atoms. The van der Waals surface area contributed by atoms with E-state index in [2.05, 4.69) is 18.2 Å². The second-order valence-electron chi connectivity index (χ2n) is 12.2. The maximum absolute atomic E-state index is 12.3. The Balaban J connectivity index is 1.19. The van der Waals surface area contributed by atoms with E-state index in [0.29, 0.717) is 11.8 Å². The average molecular weight is 470 g/mol. The lowest BCUT2D eigenvalue weighted by atomic mass is 9.56. The molecule has 1 aromatic carbocycles. The lowest BCUT2D eigenvalue weighted by Gasteiger charge is -2.60. The summed E-state index contributed by atoms with van der Waals surface area (Å²) in [5.41, 5.74) is 2.29. The van der Waals surface area contributed by atoms with E-state index < -0.39 is 5.60 Å². The molecule has 5 rings (SSSR count). The molecule has 0 N–H and O–H groups in total. The van der Waals surface area contributed by atoms with Gasteiger partial charge >= 0.3 is 12.1 Å². The molecule has 4 aliphatic rings. The molecule has 1 spiro atoms. The van der Waals surface area contributed by atoms with Crippen molar-refractivity contribution in [3.63, 3.8) is 0 Å². The van der Waals surface area contributed by atoms with Crippen LogP contribution in [0.2, 0.25) is 0 Å². The van der Waals surface area contributed by atoms with Crippen molar-refractivity contribution in [1.29, 1.82) is 0 Å². The third kappa shape index (κ3) is 4.52. The van der Waals surface area contributed by atoms with Crippen LogP contribution in [-0.4, -0.2) is 48.9 Å². The zero-order valence-electron chi connectivity index (χ0n) is 21.3. The minimum atomic E-state index is -0.447. The molecule has 0 radical (unpaired) electrons. The molecule has 3 fully saturated rings. The van der Waals surface area contributed by atoms with E-state index in [4.69, 9.17) is 14.2 Å². The van der Waals surface area contributed by atoms with Crippen LogP contribution in [0.25, 0.3) is 0 Å². The van der Waals surface area contributed by atoms with E-state index in [-0.39, 0.29) is 35.4 Å². The molecule has 6 heteroatoms. The molecule has 34 heavy (non-hydrogen) atoms. The van der Waals surface area contributed by atoms with Gasteiger partial charge in [0.25, 0.3) is 0 Å². The summed E-state index contributed by atoms with van der Waals surface area (Å²) < 4.78 is 17.1. The van der Waals surface area contributed by atoms with Crippen LogP contribution in [-0.2, 0) is 20.7 Å². The summed E-state index contributed by atoms with van der Waals surface area (Å²) in [6.07, 6.45) is 6.73. The maximum atomic E-state index is 12.3. The van der Waals surface area contributed by atoms with E-state index in [1.165, 1.54) is 31.1 Å². The first-order valence-electron chi connectivity index (χ1n) is 12.9. The first-order chi connectivity index (χ1) is 16.1. The van der Waals surface area contributed by atoms with Gasteiger partial charge < -0.3 is 19.1 Å². The van der Waals surface area contributed by atoms with Crippen LogP contribution in [0.1, 0.15) is 76.8 Å². The van der Waals surface area contributed by atoms with Crippen LogP contribution in [0.15, 0.2) is 18.2 Å². The smallest absolute Gasteiger partial charge is 0.410 e. The zero-order chi connectivity index (χ0) is 24.3. The number of aryl methyl sites for hydroxylation is 1. The number of carbonyl (C=O) groups is 2. The highest BCUT2D eigenvalue weighted by atomic mass is 16.6. The number of nitrogens with zero attached hydrogens (tertiary/aromatic N) is 1. The second-order valence-corrected chi connectivity index (χ2v) is 12.2. The van der Waals surface area contributed by atoms with Gasteiger partial charge in [0.15, 0.2) is 0 Å². The SMILES string of the molecule is COC(=O)[C@@H](C)[C@H](c1ccc2c(c1)OC(C1CC3(C1)CN(C(=O)OC(C)(C)C)C3)CC2)C1CC1. The number of ether oxygens (including phenoxy) is 3. The summed E-state index contributed by atoms with van der Waals surface area (Å²) >= 11 is 0. The third-order valence-electron chi connectivity index (χ3n) is 8.31. The molecular weight excluding hydrogens is 430 g/mol. The number of benzene rings is 1. The number of esters is 1. The average Bonchev–Trinajstić information content (AvgIpc) is 3.54. The normalized spacial score (nSPS) is 25.3. The minimum Gasteiger partial charge on any atom is -0.490 e. The van der Waals surface area contributed by atoms with Crippen molar-refractivity contribution in [2.24, 2.45) is 23.2 Å². The number of amides is 1. The van der Waals surface area contributed by atoms with Crippen LogP contribution < -0.4 is 4.74 Å². The lowest BCUT2D eigenvalue weighted by molar-refractivity contribution is -0.145. The fourth-order valence-electron chi connectivity index (χ4n) is 6.50. The molecule has 1 unspecified atom stereocenters. The summed E-state index contributed by atoms with van der Waals surface area (Å²) in [5, 5.41) is 0. The molecule has 2 aliphatic heterocycles. The molecule has 0 aromatic heterocycles. The van der Waals surface area contributed by atoms with Gasteiger partial charge in [0.05, 0.1) is 13.0 Å². The van der Waals surface area contributed by atoms with E-state index in [9.17, 15) is 9.59 Å². The van der Waals surface area contributed by atoms with Crippen molar-refractivity contribution in [3.8, 4) is 5.75 Å². The molecule has 186 valence electrons. The number of hydrogen-bond donors (Lipinski definition) is 0. The summed E-state index contributed by atoms with van der Waals surface area (Å²) in [4.78, 5) is 26.4. The van der Waals surface area contributed by atoms with E-state index >= 15 is 0 Å². The third-order valence-corrected chi connectivity index (χ3v) is 8.31. The molecule has 2 saturated carbocycles. The molecule has 6 nitrogen and oxygen atoms in total. The number of likely N-dealkylation sites (tertiary alicyclic amines) is 1. The summed E-state index contributed by atoms with van der Waals surface area (Å²) in [5.74, 6) is 2.03. The Labute approximate surface area is 203 Å². The summed E-state index contributed by atoms with van der Waals surface area (Å²) in [7, 11) is 1.48. The minimum absolute atomic E-state index is 0.130. The van der Waals surface area contributed by atoms with Crippen molar-refractivity contribution in [2.75, 3.05) is 20.2 Å². The molecule has 1 aromatic rings. The molecule has 2 heterocycles. The molecular formula is C28H39NO5. The quantitative estimate of drug-likeness (QED) is 0.546. The van der Waals surface area contributed by atoms with Crippen LogP contribution in [0.5, 0.6) is 5.75 Å². The molecule has 2 aliphatic carbocycles. The van der Waals surface area contributed by atoms with Crippen molar-refractivity contribution in [3.05, 3.63) is 29.3 Å². The fourth-order valence-corrected chi connectivity index (χ4v) is 6.50. The van der Waals surface area contributed by atoms with Crippen LogP contribution in [0.3, 0.4) is 0 Å². The Morgan fingerprint density at radius 1 is 1.15 bits per heavy atom. The topological polar surface area (TPSA) is 65.1 Å². The summed E-state index contributed by atoms with van der Waals surface area (Å²) in [6, 6.07) is 6.60. The Hall–Kier alpha value is -2.24. The predicted octanol–water partition coefficient (Wildman–Crippen LogP) is 5.33. The van der Waals surface area contributed by atoms with Crippen molar-refractivity contribution >= 4 is 12.1 Å². The van der Waals surface area contributed by atoms with E-state index in [1.54, 1.807) is 0 Å². The molecule has 1 amide bonds. The van der Waals surface area contributed by atoms with Gasteiger partial charge in [0, 0.05) is 18.5 Å². The maximum Gasteiger partial charge on any atom is 0.410 e. The van der Waals surface area contributed by atoms with Gasteiger partial charge in [-0.1, -0.05) is 19.1 Å². The van der Waals surface area contributed by atoms with Gasteiger partial charge in [-0.25, -0.2) is 4.79 Å². The first kappa shape index (κ1) is 23.5. The lowest BCUT2D eigenvalue weighted by Crippen LogP contribution is -2.65. The second kappa shape index (κ2) is 8.46. The Morgan fingerprint density at radius 3 is 2.47 bits per heavy atom. The summed E-state index contributed by atoms with van der Waals surface area (Å²) in [6.45, 7) is 9.33.